The Kier molecular flexibility index (Phi) is 9.97. The molecule has 3 atom stereocenters. The fourth-order valence-corrected chi connectivity index (χ4v) is 3.26. The average molecular weight is 240 g/mol. The van der Waals surface area contributed by atoms with Crippen LogP contribution in [0.3, 0.4) is 0 Å². The highest BCUT2D eigenvalue weighted by molar-refractivity contribution is 4.68. The minimum Gasteiger partial charge on any atom is -0.0651 e. The van der Waals surface area contributed by atoms with Crippen molar-refractivity contribution < 1.29 is 0 Å². The van der Waals surface area contributed by atoms with Crippen molar-refractivity contribution in [2.24, 2.45) is 23.7 Å². The molecule has 0 fully saturated rings. The van der Waals surface area contributed by atoms with Crippen molar-refractivity contribution >= 4 is 0 Å². The van der Waals surface area contributed by atoms with Crippen LogP contribution in [-0.2, 0) is 0 Å². The van der Waals surface area contributed by atoms with Crippen molar-refractivity contribution in [1.29, 1.82) is 0 Å². The lowest BCUT2D eigenvalue weighted by Gasteiger charge is -2.24. The first-order chi connectivity index (χ1) is 8.10. The van der Waals surface area contributed by atoms with Crippen molar-refractivity contribution in [2.75, 3.05) is 0 Å². The van der Waals surface area contributed by atoms with E-state index in [-0.39, 0.29) is 0 Å². The first kappa shape index (κ1) is 17.0. The van der Waals surface area contributed by atoms with E-state index in [0.717, 1.165) is 23.7 Å². The van der Waals surface area contributed by atoms with Gasteiger partial charge in [-0.25, -0.2) is 0 Å². The molecule has 0 saturated carbocycles. The maximum absolute atomic E-state index is 2.46. The first-order valence-electron chi connectivity index (χ1n) is 8.10. The third kappa shape index (κ3) is 6.48. The molecule has 0 aromatic carbocycles. The van der Waals surface area contributed by atoms with Crippen LogP contribution in [0.1, 0.15) is 86.5 Å². The highest BCUT2D eigenvalue weighted by Crippen LogP contribution is 2.28. The molecule has 0 N–H and O–H groups in total. The summed E-state index contributed by atoms with van der Waals surface area (Å²) in [5, 5.41) is 0. The Hall–Kier alpha value is 0. The van der Waals surface area contributed by atoms with Gasteiger partial charge in [0, 0.05) is 0 Å². The van der Waals surface area contributed by atoms with Crippen LogP contribution in [0, 0.1) is 23.7 Å². The van der Waals surface area contributed by atoms with Crippen LogP contribution < -0.4 is 0 Å². The van der Waals surface area contributed by atoms with Crippen LogP contribution in [0.4, 0.5) is 0 Å². The van der Waals surface area contributed by atoms with Crippen molar-refractivity contribution in [3.63, 3.8) is 0 Å². The smallest absolute Gasteiger partial charge is 0.0391 e. The molecule has 0 nitrogen and oxygen atoms in total. The lowest BCUT2D eigenvalue weighted by Crippen LogP contribution is -2.13. The molecule has 0 saturated heterocycles. The second-order valence-corrected chi connectivity index (χ2v) is 6.04. The van der Waals surface area contributed by atoms with Gasteiger partial charge in [-0.3, -0.25) is 0 Å². The summed E-state index contributed by atoms with van der Waals surface area (Å²) in [5.41, 5.74) is 0. The quantitative estimate of drug-likeness (QED) is 0.420. The summed E-state index contributed by atoms with van der Waals surface area (Å²) in [6, 6.07) is 0. The summed E-state index contributed by atoms with van der Waals surface area (Å²) in [6.45, 7) is 14.3. The molecular formula is C17H36. The van der Waals surface area contributed by atoms with Crippen molar-refractivity contribution in [2.45, 2.75) is 86.5 Å². The predicted molar refractivity (Wildman–Crippen MR) is 80.3 cm³/mol. The van der Waals surface area contributed by atoms with Crippen LogP contribution >= 0.6 is 0 Å². The highest BCUT2D eigenvalue weighted by atomic mass is 14.2. The Morgan fingerprint density at radius 1 is 0.588 bits per heavy atom. The second kappa shape index (κ2) is 9.97. The molecule has 0 aliphatic heterocycles. The van der Waals surface area contributed by atoms with Crippen molar-refractivity contribution in [3.8, 4) is 0 Å². The Morgan fingerprint density at radius 2 is 1.12 bits per heavy atom. The van der Waals surface area contributed by atoms with E-state index in [1.54, 1.807) is 0 Å². The van der Waals surface area contributed by atoms with Crippen LogP contribution in [0.15, 0.2) is 0 Å². The molecular weight excluding hydrogens is 204 g/mol. The lowest BCUT2D eigenvalue weighted by atomic mass is 9.82. The Morgan fingerprint density at radius 3 is 1.53 bits per heavy atom. The van der Waals surface area contributed by atoms with E-state index < -0.39 is 0 Å². The summed E-state index contributed by atoms with van der Waals surface area (Å²) < 4.78 is 0. The molecule has 17 heavy (non-hydrogen) atoms. The lowest BCUT2D eigenvalue weighted by molar-refractivity contribution is 0.271. The fraction of sp³-hybridized carbons (Fsp3) is 1.00. The molecule has 0 rings (SSSR count). The Balaban J connectivity index is 3.87. The Labute approximate surface area is 111 Å². The molecule has 0 aliphatic rings. The molecule has 0 spiro atoms. The zero-order valence-corrected chi connectivity index (χ0v) is 13.3. The predicted octanol–water partition coefficient (Wildman–Crippen LogP) is 6.30. The van der Waals surface area contributed by atoms with Gasteiger partial charge < -0.3 is 0 Å². The van der Waals surface area contributed by atoms with Gasteiger partial charge in [0.05, 0.1) is 0 Å². The molecule has 0 radical (unpaired) electrons. The van der Waals surface area contributed by atoms with Gasteiger partial charge in [0.1, 0.15) is 0 Å². The van der Waals surface area contributed by atoms with Crippen LogP contribution in [-0.4, -0.2) is 0 Å². The van der Waals surface area contributed by atoms with Crippen molar-refractivity contribution in [1.82, 2.24) is 0 Å². The molecule has 0 heterocycles. The molecule has 0 aromatic rings. The number of hydrogen-bond acceptors (Lipinski definition) is 0. The molecule has 0 aliphatic carbocycles. The van der Waals surface area contributed by atoms with Crippen LogP contribution in [0.5, 0.6) is 0 Å². The van der Waals surface area contributed by atoms with Gasteiger partial charge in [-0.2, -0.15) is 0 Å². The largest absolute Gasteiger partial charge is 0.0651 e. The van der Waals surface area contributed by atoms with Gasteiger partial charge in [0.15, 0.2) is 0 Å². The molecule has 0 bridgehead atoms. The van der Waals surface area contributed by atoms with Crippen LogP contribution in [0.25, 0.3) is 0 Å². The van der Waals surface area contributed by atoms with E-state index in [1.807, 2.05) is 0 Å². The number of rotatable bonds is 10. The van der Waals surface area contributed by atoms with Gasteiger partial charge >= 0.3 is 0 Å². The molecule has 0 amide bonds. The summed E-state index contributed by atoms with van der Waals surface area (Å²) in [6.07, 6.45) is 9.78. The van der Waals surface area contributed by atoms with Crippen LogP contribution in [0.2, 0.25) is 0 Å². The van der Waals surface area contributed by atoms with Gasteiger partial charge in [-0.15, -0.1) is 0 Å². The summed E-state index contributed by atoms with van der Waals surface area (Å²) in [7, 11) is 0. The van der Waals surface area contributed by atoms with E-state index in [1.165, 1.54) is 44.9 Å². The van der Waals surface area contributed by atoms with E-state index in [2.05, 4.69) is 41.5 Å². The molecule has 3 unspecified atom stereocenters. The zero-order valence-electron chi connectivity index (χ0n) is 13.3. The normalized spacial score (nSPS) is 17.1. The topological polar surface area (TPSA) is 0 Å². The number of hydrogen-bond donors (Lipinski definition) is 0. The second-order valence-electron chi connectivity index (χ2n) is 6.04. The highest BCUT2D eigenvalue weighted by Gasteiger charge is 2.16. The Bertz CT molecular complexity index is 157. The summed E-state index contributed by atoms with van der Waals surface area (Å²) >= 11 is 0. The zero-order chi connectivity index (χ0) is 13.3. The van der Waals surface area contributed by atoms with E-state index >= 15 is 0 Å². The monoisotopic (exact) mass is 240 g/mol. The maximum atomic E-state index is 2.46. The molecule has 0 aromatic heterocycles. The fourth-order valence-electron chi connectivity index (χ4n) is 3.26. The summed E-state index contributed by atoms with van der Waals surface area (Å²) in [5.74, 6) is 3.77. The first-order valence-corrected chi connectivity index (χ1v) is 8.10. The molecule has 104 valence electrons. The third-order valence-corrected chi connectivity index (χ3v) is 5.06. The summed E-state index contributed by atoms with van der Waals surface area (Å²) in [4.78, 5) is 0. The van der Waals surface area contributed by atoms with E-state index in [9.17, 15) is 0 Å². The van der Waals surface area contributed by atoms with E-state index in [0.29, 0.717) is 0 Å². The van der Waals surface area contributed by atoms with Gasteiger partial charge in [-0.1, -0.05) is 86.5 Å². The van der Waals surface area contributed by atoms with Gasteiger partial charge in [0.25, 0.3) is 0 Å². The third-order valence-electron chi connectivity index (χ3n) is 5.06. The standard InChI is InChI=1S/C17H36/c1-7-14(5)17(10-4)13-11-12-15(6)16(8-2)9-3/h14-17H,7-13H2,1-6H3. The SMILES string of the molecule is CCC(C)C(CC)CCCC(C)C(CC)CC. The van der Waals surface area contributed by atoms with Gasteiger partial charge in [-0.05, 0) is 23.7 Å². The van der Waals surface area contributed by atoms with Crippen molar-refractivity contribution in [3.05, 3.63) is 0 Å². The minimum atomic E-state index is 0.920. The average Bonchev–Trinajstić information content (AvgIpc) is 2.35. The van der Waals surface area contributed by atoms with E-state index in [4.69, 9.17) is 0 Å². The molecule has 0 heteroatoms. The maximum Gasteiger partial charge on any atom is -0.0391 e. The minimum absolute atomic E-state index is 0.920. The van der Waals surface area contributed by atoms with Gasteiger partial charge in [0.2, 0.25) is 0 Å².